The van der Waals surface area contributed by atoms with Crippen LogP contribution in [0.2, 0.25) is 0 Å². The maximum absolute atomic E-state index is 12.9. The number of hydrogen-bond acceptors (Lipinski definition) is 3. The molecule has 2 heterocycles. The van der Waals surface area contributed by atoms with Crippen LogP contribution < -0.4 is 0 Å². The molecule has 156 valence electrons. The summed E-state index contributed by atoms with van der Waals surface area (Å²) in [7, 11) is 1.98. The predicted octanol–water partition coefficient (Wildman–Crippen LogP) is 3.88. The molecule has 5 heteroatoms. The molecule has 0 atom stereocenters. The normalized spacial score (nSPS) is 13.4. The summed E-state index contributed by atoms with van der Waals surface area (Å²) in [5.74, 6) is 0.168. The maximum Gasteiger partial charge on any atom is 0.227 e. The van der Waals surface area contributed by atoms with Crippen molar-refractivity contribution in [2.75, 3.05) is 6.54 Å². The van der Waals surface area contributed by atoms with Crippen molar-refractivity contribution in [2.45, 2.75) is 46.4 Å². The van der Waals surface area contributed by atoms with E-state index in [1.54, 1.807) is 0 Å². The molecule has 0 spiro atoms. The van der Waals surface area contributed by atoms with Crippen molar-refractivity contribution in [3.8, 4) is 0 Å². The fourth-order valence-electron chi connectivity index (χ4n) is 4.06. The fraction of sp³-hybridized carbons (Fsp3) is 0.360. The zero-order valence-corrected chi connectivity index (χ0v) is 18.0. The number of benzene rings is 2. The zero-order valence-electron chi connectivity index (χ0n) is 18.0. The van der Waals surface area contributed by atoms with Gasteiger partial charge in [0, 0.05) is 37.8 Å². The van der Waals surface area contributed by atoms with E-state index in [0.717, 1.165) is 35.3 Å². The molecule has 1 aliphatic heterocycles. The number of carbonyl (C=O) groups excluding carboxylic acids is 1. The number of amides is 1. The summed E-state index contributed by atoms with van der Waals surface area (Å²) in [6.07, 6.45) is 1.27. The molecule has 3 aromatic rings. The van der Waals surface area contributed by atoms with Gasteiger partial charge in [0.2, 0.25) is 5.91 Å². The zero-order chi connectivity index (χ0) is 21.1. The van der Waals surface area contributed by atoms with Crippen molar-refractivity contribution in [1.29, 1.82) is 0 Å². The number of ether oxygens (including phenoxy) is 1. The minimum absolute atomic E-state index is 0.168. The Hall–Kier alpha value is -2.92. The van der Waals surface area contributed by atoms with Gasteiger partial charge in [0.15, 0.2) is 0 Å². The first-order valence-electron chi connectivity index (χ1n) is 10.5. The molecule has 0 fully saturated rings. The van der Waals surface area contributed by atoms with Crippen molar-refractivity contribution < 1.29 is 9.53 Å². The SMILES string of the molecule is Cc1ccc(COCc2nn(C)c3c2CN(C(=O)Cc2cccc(C)c2)CC3)cc1. The quantitative estimate of drug-likeness (QED) is 0.628. The number of aromatic nitrogens is 2. The Morgan fingerprint density at radius 3 is 2.60 bits per heavy atom. The molecular formula is C25H29N3O2. The Morgan fingerprint density at radius 2 is 1.83 bits per heavy atom. The topological polar surface area (TPSA) is 47.4 Å². The third kappa shape index (κ3) is 4.62. The monoisotopic (exact) mass is 403 g/mol. The molecular weight excluding hydrogens is 374 g/mol. The van der Waals surface area contributed by atoms with Crippen LogP contribution in [0.5, 0.6) is 0 Å². The first kappa shape index (κ1) is 20.4. The maximum atomic E-state index is 12.9. The highest BCUT2D eigenvalue weighted by atomic mass is 16.5. The van der Waals surface area contributed by atoms with Crippen LogP contribution >= 0.6 is 0 Å². The van der Waals surface area contributed by atoms with Gasteiger partial charge >= 0.3 is 0 Å². The fourth-order valence-corrected chi connectivity index (χ4v) is 4.06. The lowest BCUT2D eigenvalue weighted by Gasteiger charge is -2.28. The third-order valence-electron chi connectivity index (χ3n) is 5.74. The van der Waals surface area contributed by atoms with E-state index in [4.69, 9.17) is 4.74 Å². The lowest BCUT2D eigenvalue weighted by Crippen LogP contribution is -2.37. The van der Waals surface area contributed by atoms with Crippen LogP contribution in [0.15, 0.2) is 48.5 Å². The van der Waals surface area contributed by atoms with Gasteiger partial charge in [0.1, 0.15) is 0 Å². The molecule has 0 N–H and O–H groups in total. The number of carbonyl (C=O) groups is 1. The molecule has 2 aromatic carbocycles. The average Bonchev–Trinajstić information content (AvgIpc) is 3.04. The van der Waals surface area contributed by atoms with E-state index >= 15 is 0 Å². The minimum Gasteiger partial charge on any atom is -0.370 e. The van der Waals surface area contributed by atoms with Crippen LogP contribution in [0, 0.1) is 13.8 Å². The summed E-state index contributed by atoms with van der Waals surface area (Å²) in [5, 5.41) is 4.68. The second-order valence-electron chi connectivity index (χ2n) is 8.21. The molecule has 30 heavy (non-hydrogen) atoms. The van der Waals surface area contributed by atoms with E-state index in [0.29, 0.717) is 26.2 Å². The van der Waals surface area contributed by atoms with Gasteiger partial charge in [-0.25, -0.2) is 0 Å². The van der Waals surface area contributed by atoms with E-state index in [-0.39, 0.29) is 5.91 Å². The van der Waals surface area contributed by atoms with Gasteiger partial charge < -0.3 is 9.64 Å². The molecule has 0 bridgehead atoms. The summed E-state index contributed by atoms with van der Waals surface area (Å²) in [6, 6.07) is 16.6. The third-order valence-corrected chi connectivity index (χ3v) is 5.74. The van der Waals surface area contributed by atoms with Crippen LogP contribution in [0.1, 0.15) is 39.2 Å². The molecule has 0 radical (unpaired) electrons. The molecule has 4 rings (SSSR count). The van der Waals surface area contributed by atoms with E-state index < -0.39 is 0 Å². The smallest absolute Gasteiger partial charge is 0.227 e. The highest BCUT2D eigenvalue weighted by molar-refractivity contribution is 5.79. The first-order valence-corrected chi connectivity index (χ1v) is 10.5. The Labute approximate surface area is 178 Å². The molecule has 5 nitrogen and oxygen atoms in total. The van der Waals surface area contributed by atoms with Gasteiger partial charge in [0.25, 0.3) is 0 Å². The molecule has 1 amide bonds. The number of aryl methyl sites for hydroxylation is 3. The highest BCUT2D eigenvalue weighted by Gasteiger charge is 2.26. The Kier molecular flexibility index (Phi) is 6.00. The Morgan fingerprint density at radius 1 is 1.03 bits per heavy atom. The molecule has 0 saturated heterocycles. The lowest BCUT2D eigenvalue weighted by atomic mass is 10.0. The molecule has 1 aliphatic rings. The largest absolute Gasteiger partial charge is 0.370 e. The number of fused-ring (bicyclic) bond motifs is 1. The van der Waals surface area contributed by atoms with E-state index in [9.17, 15) is 4.79 Å². The van der Waals surface area contributed by atoms with E-state index in [1.807, 2.05) is 28.8 Å². The number of hydrogen-bond donors (Lipinski definition) is 0. The second-order valence-corrected chi connectivity index (χ2v) is 8.21. The summed E-state index contributed by atoms with van der Waals surface area (Å²) >= 11 is 0. The van der Waals surface area contributed by atoms with Crippen LogP contribution in [0.25, 0.3) is 0 Å². The lowest BCUT2D eigenvalue weighted by molar-refractivity contribution is -0.131. The average molecular weight is 404 g/mol. The van der Waals surface area contributed by atoms with Gasteiger partial charge in [-0.05, 0) is 25.0 Å². The second kappa shape index (κ2) is 8.84. The van der Waals surface area contributed by atoms with Crippen molar-refractivity contribution in [3.05, 3.63) is 87.7 Å². The molecule has 0 aliphatic carbocycles. The van der Waals surface area contributed by atoms with Gasteiger partial charge in [0.05, 0.1) is 25.3 Å². The van der Waals surface area contributed by atoms with Crippen molar-refractivity contribution in [3.63, 3.8) is 0 Å². The number of rotatable bonds is 6. The van der Waals surface area contributed by atoms with Crippen LogP contribution in [-0.4, -0.2) is 27.1 Å². The van der Waals surface area contributed by atoms with Crippen molar-refractivity contribution >= 4 is 5.91 Å². The number of nitrogens with zero attached hydrogens (tertiary/aromatic N) is 3. The van der Waals surface area contributed by atoms with Crippen molar-refractivity contribution in [1.82, 2.24) is 14.7 Å². The van der Waals surface area contributed by atoms with E-state index in [2.05, 4.69) is 55.3 Å². The molecule has 1 aromatic heterocycles. The minimum atomic E-state index is 0.168. The van der Waals surface area contributed by atoms with Gasteiger partial charge in [-0.1, -0.05) is 59.7 Å². The van der Waals surface area contributed by atoms with Crippen molar-refractivity contribution in [2.24, 2.45) is 7.05 Å². The summed E-state index contributed by atoms with van der Waals surface area (Å²) < 4.78 is 7.90. The molecule has 0 saturated carbocycles. The molecule has 0 unspecified atom stereocenters. The standard InChI is InChI=1S/C25H29N3O2/c1-18-7-9-20(10-8-18)16-30-17-23-22-15-28(12-11-24(22)27(3)26-23)25(29)14-21-6-4-5-19(2)13-21/h4-10,13H,11-12,14-17H2,1-3H3. The summed E-state index contributed by atoms with van der Waals surface area (Å²) in [4.78, 5) is 14.9. The van der Waals surface area contributed by atoms with Crippen LogP contribution in [-0.2, 0) is 49.2 Å². The first-order chi connectivity index (χ1) is 14.5. The highest BCUT2D eigenvalue weighted by Crippen LogP contribution is 2.24. The van der Waals surface area contributed by atoms with E-state index in [1.165, 1.54) is 16.8 Å². The van der Waals surface area contributed by atoms with Gasteiger partial charge in [-0.15, -0.1) is 0 Å². The van der Waals surface area contributed by atoms with Gasteiger partial charge in [-0.3, -0.25) is 9.48 Å². The summed E-state index contributed by atoms with van der Waals surface area (Å²) in [6.45, 7) is 6.49. The van der Waals surface area contributed by atoms with Crippen LogP contribution in [0.4, 0.5) is 0 Å². The van der Waals surface area contributed by atoms with Gasteiger partial charge in [-0.2, -0.15) is 5.10 Å². The van der Waals surface area contributed by atoms with Crippen LogP contribution in [0.3, 0.4) is 0 Å². The predicted molar refractivity (Wildman–Crippen MR) is 117 cm³/mol. The Balaban J connectivity index is 1.41. The Bertz CT molecular complexity index is 1040. The summed E-state index contributed by atoms with van der Waals surface area (Å²) in [5.41, 5.74) is 7.94.